The average molecular weight is 319 g/mol. The van der Waals surface area contributed by atoms with Crippen molar-refractivity contribution in [1.82, 2.24) is 9.88 Å². The summed E-state index contributed by atoms with van der Waals surface area (Å²) in [6.07, 6.45) is -2.70. The maximum absolute atomic E-state index is 12.7. The van der Waals surface area contributed by atoms with Crippen LogP contribution in [-0.4, -0.2) is 17.3 Å². The van der Waals surface area contributed by atoms with Gasteiger partial charge in [0.2, 0.25) is 0 Å². The Morgan fingerprint density at radius 1 is 1.29 bits per heavy atom. The van der Waals surface area contributed by atoms with Crippen molar-refractivity contribution in [3.05, 3.63) is 35.0 Å². The topological polar surface area (TPSA) is 17.0 Å². The highest BCUT2D eigenvalue weighted by molar-refractivity contribution is 6.31. The molecule has 0 amide bonds. The zero-order chi connectivity index (χ0) is 15.6. The highest BCUT2D eigenvalue weighted by Gasteiger charge is 2.28. The van der Waals surface area contributed by atoms with Crippen LogP contribution in [0.4, 0.5) is 13.2 Å². The number of nitrogens with one attached hydrogen (secondary N) is 1. The molecular formula is C15H18ClF3N2. The van der Waals surface area contributed by atoms with Crippen molar-refractivity contribution < 1.29 is 13.2 Å². The van der Waals surface area contributed by atoms with Crippen LogP contribution in [0.2, 0.25) is 5.02 Å². The smallest absolute Gasteiger partial charge is 0.338 e. The van der Waals surface area contributed by atoms with Gasteiger partial charge in [0.05, 0.1) is 5.52 Å². The zero-order valence-electron chi connectivity index (χ0n) is 12.0. The summed E-state index contributed by atoms with van der Waals surface area (Å²) in [6, 6.07) is 5.05. The van der Waals surface area contributed by atoms with E-state index in [0.717, 1.165) is 17.5 Å². The lowest BCUT2D eigenvalue weighted by Crippen LogP contribution is -2.19. The Kier molecular flexibility index (Phi) is 4.84. The Hall–Kier alpha value is -1.20. The fourth-order valence-electron chi connectivity index (χ4n) is 2.30. The number of aromatic nitrogens is 1. The van der Waals surface area contributed by atoms with Gasteiger partial charge in [-0.1, -0.05) is 31.5 Å². The summed E-state index contributed by atoms with van der Waals surface area (Å²) in [7, 11) is 0. The Morgan fingerprint density at radius 2 is 2.00 bits per heavy atom. The molecule has 1 aromatic heterocycles. The summed E-state index contributed by atoms with van der Waals surface area (Å²) < 4.78 is 39.2. The van der Waals surface area contributed by atoms with Gasteiger partial charge in [-0.3, -0.25) is 0 Å². The average Bonchev–Trinajstić information content (AvgIpc) is 2.64. The summed E-state index contributed by atoms with van der Waals surface area (Å²) in [5.74, 6) is 0.489. The highest BCUT2D eigenvalue weighted by Crippen LogP contribution is 2.28. The molecule has 116 valence electrons. The second-order valence-electron chi connectivity index (χ2n) is 5.58. The molecule has 0 aliphatic rings. The van der Waals surface area contributed by atoms with E-state index in [2.05, 4.69) is 19.2 Å². The first-order valence-corrected chi connectivity index (χ1v) is 7.19. The first-order chi connectivity index (χ1) is 9.76. The van der Waals surface area contributed by atoms with Crippen molar-refractivity contribution in [3.8, 4) is 0 Å². The van der Waals surface area contributed by atoms with E-state index in [9.17, 15) is 13.2 Å². The number of nitrogens with zero attached hydrogens (tertiary/aromatic N) is 1. The number of rotatable bonds is 5. The van der Waals surface area contributed by atoms with E-state index in [4.69, 9.17) is 11.6 Å². The van der Waals surface area contributed by atoms with Gasteiger partial charge in [-0.15, -0.1) is 0 Å². The molecule has 0 spiro atoms. The monoisotopic (exact) mass is 318 g/mol. The summed E-state index contributed by atoms with van der Waals surface area (Å²) in [5, 5.41) is 4.50. The molecule has 21 heavy (non-hydrogen) atoms. The maximum Gasteiger partial charge on any atom is 0.406 e. The van der Waals surface area contributed by atoms with Crippen LogP contribution in [0.25, 0.3) is 10.9 Å². The van der Waals surface area contributed by atoms with Crippen LogP contribution < -0.4 is 5.32 Å². The largest absolute Gasteiger partial charge is 0.406 e. The zero-order valence-corrected chi connectivity index (χ0v) is 12.7. The molecule has 1 aromatic carbocycles. The Labute approximate surface area is 126 Å². The molecule has 0 saturated carbocycles. The predicted octanol–water partition coefficient (Wildman–Crippen LogP) is 4.60. The molecule has 0 saturated heterocycles. The lowest BCUT2D eigenvalue weighted by molar-refractivity contribution is -0.139. The van der Waals surface area contributed by atoms with E-state index < -0.39 is 12.7 Å². The fourth-order valence-corrected chi connectivity index (χ4v) is 2.47. The van der Waals surface area contributed by atoms with E-state index in [1.54, 1.807) is 24.4 Å². The van der Waals surface area contributed by atoms with Crippen molar-refractivity contribution in [2.45, 2.75) is 33.1 Å². The number of hydrogen-bond acceptors (Lipinski definition) is 1. The van der Waals surface area contributed by atoms with Crippen LogP contribution in [0.1, 0.15) is 19.4 Å². The molecule has 2 aromatic rings. The number of fused-ring (bicyclic) bond motifs is 1. The highest BCUT2D eigenvalue weighted by atomic mass is 35.5. The third-order valence-electron chi connectivity index (χ3n) is 3.14. The first kappa shape index (κ1) is 16.2. The quantitative estimate of drug-likeness (QED) is 0.852. The molecule has 1 N–H and O–H groups in total. The van der Waals surface area contributed by atoms with Gasteiger partial charge >= 0.3 is 6.18 Å². The molecule has 0 aliphatic carbocycles. The molecule has 0 aliphatic heterocycles. The third kappa shape index (κ3) is 4.38. The SMILES string of the molecule is CC(C)CNCc1cn(CC(F)(F)F)c2cc(Cl)ccc12. The molecule has 0 atom stereocenters. The molecule has 0 radical (unpaired) electrons. The summed E-state index contributed by atoms with van der Waals surface area (Å²) in [6.45, 7) is 4.52. The van der Waals surface area contributed by atoms with Crippen LogP contribution in [0.15, 0.2) is 24.4 Å². The number of halogens is 4. The second-order valence-corrected chi connectivity index (χ2v) is 6.02. The number of benzene rings is 1. The van der Waals surface area contributed by atoms with Crippen LogP contribution in [-0.2, 0) is 13.1 Å². The van der Waals surface area contributed by atoms with E-state index in [-0.39, 0.29) is 0 Å². The molecule has 0 bridgehead atoms. The van der Waals surface area contributed by atoms with Crippen molar-refractivity contribution in [2.75, 3.05) is 6.54 Å². The van der Waals surface area contributed by atoms with E-state index in [1.165, 1.54) is 4.57 Å². The van der Waals surface area contributed by atoms with Crippen LogP contribution in [0.3, 0.4) is 0 Å². The van der Waals surface area contributed by atoms with Gasteiger partial charge in [0.1, 0.15) is 6.54 Å². The molecular weight excluding hydrogens is 301 g/mol. The normalized spacial score (nSPS) is 12.5. The van der Waals surface area contributed by atoms with Gasteiger partial charge in [0.25, 0.3) is 0 Å². The van der Waals surface area contributed by atoms with Crippen molar-refractivity contribution >= 4 is 22.5 Å². The lowest BCUT2D eigenvalue weighted by Gasteiger charge is -2.08. The van der Waals surface area contributed by atoms with Crippen LogP contribution in [0.5, 0.6) is 0 Å². The molecule has 2 rings (SSSR count). The molecule has 0 fully saturated rings. The Balaban J connectivity index is 2.33. The maximum atomic E-state index is 12.7. The standard InChI is InChI=1S/C15H18ClF3N2/c1-10(2)6-20-7-11-8-21(9-15(17,18)19)14-5-12(16)3-4-13(11)14/h3-5,8,10,20H,6-7,9H2,1-2H3. The van der Waals surface area contributed by atoms with Crippen molar-refractivity contribution in [3.63, 3.8) is 0 Å². The molecule has 2 nitrogen and oxygen atoms in total. The number of hydrogen-bond donors (Lipinski definition) is 1. The first-order valence-electron chi connectivity index (χ1n) is 6.81. The van der Waals surface area contributed by atoms with Crippen LogP contribution >= 0.6 is 11.6 Å². The minimum Gasteiger partial charge on any atom is -0.338 e. The summed E-state index contributed by atoms with van der Waals surface area (Å²) in [5.41, 5.74) is 1.37. The number of alkyl halides is 3. The van der Waals surface area contributed by atoms with E-state index in [1.807, 2.05) is 0 Å². The van der Waals surface area contributed by atoms with E-state index in [0.29, 0.717) is 23.0 Å². The molecule has 0 unspecified atom stereocenters. The fraction of sp³-hybridized carbons (Fsp3) is 0.467. The van der Waals surface area contributed by atoms with Crippen LogP contribution in [0, 0.1) is 5.92 Å². The van der Waals surface area contributed by atoms with Crippen molar-refractivity contribution in [2.24, 2.45) is 5.92 Å². The van der Waals surface area contributed by atoms with Gasteiger partial charge in [0.15, 0.2) is 0 Å². The lowest BCUT2D eigenvalue weighted by atomic mass is 10.1. The minimum atomic E-state index is -4.25. The minimum absolute atomic E-state index is 0.436. The van der Waals surface area contributed by atoms with Crippen molar-refractivity contribution in [1.29, 1.82) is 0 Å². The second kappa shape index (κ2) is 6.28. The summed E-state index contributed by atoms with van der Waals surface area (Å²) in [4.78, 5) is 0. The van der Waals surface area contributed by atoms with Gasteiger partial charge in [-0.2, -0.15) is 13.2 Å². The molecule has 1 heterocycles. The Bertz CT molecular complexity index is 617. The van der Waals surface area contributed by atoms with Gasteiger partial charge in [-0.05, 0) is 30.2 Å². The van der Waals surface area contributed by atoms with Gasteiger partial charge in [-0.25, -0.2) is 0 Å². The predicted molar refractivity (Wildman–Crippen MR) is 79.5 cm³/mol. The van der Waals surface area contributed by atoms with Gasteiger partial charge < -0.3 is 9.88 Å². The third-order valence-corrected chi connectivity index (χ3v) is 3.38. The van der Waals surface area contributed by atoms with E-state index >= 15 is 0 Å². The molecule has 6 heteroatoms. The Morgan fingerprint density at radius 3 is 2.62 bits per heavy atom. The van der Waals surface area contributed by atoms with Gasteiger partial charge in [0, 0.05) is 23.2 Å². The summed E-state index contributed by atoms with van der Waals surface area (Å²) >= 11 is 5.91.